The molecule has 0 saturated heterocycles. The molecule has 2 rings (SSSR count). The van der Waals surface area contributed by atoms with E-state index in [-0.39, 0.29) is 17.9 Å². The number of aryl methyl sites for hydroxylation is 1. The number of alkyl halides is 3. The molecule has 0 radical (unpaired) electrons. The summed E-state index contributed by atoms with van der Waals surface area (Å²) in [6.07, 6.45) is -4.50. The molecule has 27 heavy (non-hydrogen) atoms. The second kappa shape index (κ2) is 8.90. The van der Waals surface area contributed by atoms with Crippen LogP contribution < -0.4 is 15.4 Å². The van der Waals surface area contributed by atoms with Crippen molar-refractivity contribution >= 4 is 33.4 Å². The maximum Gasteiger partial charge on any atom is 0.405 e. The molecule has 0 aliphatic heterocycles. The van der Waals surface area contributed by atoms with Crippen LogP contribution in [0.15, 0.2) is 46.9 Å². The van der Waals surface area contributed by atoms with E-state index in [1.807, 2.05) is 19.1 Å². The van der Waals surface area contributed by atoms with Crippen LogP contribution >= 0.6 is 15.9 Å². The lowest BCUT2D eigenvalue weighted by Gasteiger charge is -2.11. The van der Waals surface area contributed by atoms with Crippen LogP contribution in [0.5, 0.6) is 5.75 Å². The maximum atomic E-state index is 12.2. The number of ether oxygens (including phenoxy) is 1. The minimum absolute atomic E-state index is 0.000697. The van der Waals surface area contributed by atoms with E-state index in [1.165, 1.54) is 24.3 Å². The Hall–Kier alpha value is -2.55. The van der Waals surface area contributed by atoms with Gasteiger partial charge in [-0.05, 0) is 58.7 Å². The van der Waals surface area contributed by atoms with Crippen molar-refractivity contribution in [3.63, 3.8) is 0 Å². The van der Waals surface area contributed by atoms with Gasteiger partial charge in [0.25, 0.3) is 11.8 Å². The van der Waals surface area contributed by atoms with Gasteiger partial charge in [0.1, 0.15) is 12.3 Å². The molecule has 2 aromatic rings. The fourth-order valence-corrected chi connectivity index (χ4v) is 2.69. The molecule has 0 atom stereocenters. The number of amides is 2. The van der Waals surface area contributed by atoms with Crippen molar-refractivity contribution < 1.29 is 27.5 Å². The molecule has 0 aliphatic carbocycles. The molecule has 0 aliphatic rings. The van der Waals surface area contributed by atoms with E-state index >= 15 is 0 Å². The highest BCUT2D eigenvalue weighted by molar-refractivity contribution is 9.10. The Morgan fingerprint density at radius 2 is 1.89 bits per heavy atom. The van der Waals surface area contributed by atoms with Crippen molar-refractivity contribution in [1.82, 2.24) is 5.32 Å². The monoisotopic (exact) mass is 444 g/mol. The van der Waals surface area contributed by atoms with Crippen LogP contribution in [0.4, 0.5) is 18.9 Å². The molecule has 0 fully saturated rings. The largest absolute Gasteiger partial charge is 0.483 e. The lowest BCUT2D eigenvalue weighted by Crippen LogP contribution is -2.33. The van der Waals surface area contributed by atoms with Crippen LogP contribution in [-0.2, 0) is 4.79 Å². The summed E-state index contributed by atoms with van der Waals surface area (Å²) >= 11 is 3.34. The van der Waals surface area contributed by atoms with Gasteiger partial charge in [-0.2, -0.15) is 13.2 Å². The Balaban J connectivity index is 1.93. The fourth-order valence-electron chi connectivity index (χ4n) is 2.08. The van der Waals surface area contributed by atoms with Gasteiger partial charge in [-0.3, -0.25) is 9.59 Å². The van der Waals surface area contributed by atoms with Gasteiger partial charge in [0.15, 0.2) is 6.61 Å². The molecule has 9 heteroatoms. The number of hydrogen-bond acceptors (Lipinski definition) is 3. The number of rotatable bonds is 6. The molecule has 0 saturated carbocycles. The first-order valence-corrected chi connectivity index (χ1v) is 8.57. The van der Waals surface area contributed by atoms with E-state index in [2.05, 4.69) is 21.2 Å². The normalized spacial score (nSPS) is 11.0. The molecule has 5 nitrogen and oxygen atoms in total. The number of nitrogens with one attached hydrogen (secondary N) is 2. The van der Waals surface area contributed by atoms with Crippen LogP contribution in [0.25, 0.3) is 0 Å². The highest BCUT2D eigenvalue weighted by Gasteiger charge is 2.27. The molecule has 0 unspecified atom stereocenters. The van der Waals surface area contributed by atoms with Gasteiger partial charge in [-0.15, -0.1) is 0 Å². The first kappa shape index (κ1) is 20.8. The van der Waals surface area contributed by atoms with Crippen LogP contribution in [-0.4, -0.2) is 31.1 Å². The second-order valence-corrected chi connectivity index (χ2v) is 6.50. The summed E-state index contributed by atoms with van der Waals surface area (Å²) in [5.74, 6) is -0.866. The van der Waals surface area contributed by atoms with E-state index in [4.69, 9.17) is 4.74 Å². The molecule has 0 aromatic heterocycles. The van der Waals surface area contributed by atoms with Crippen LogP contribution in [0.1, 0.15) is 15.9 Å². The molecule has 0 spiro atoms. The van der Waals surface area contributed by atoms with Gasteiger partial charge in [0.05, 0.1) is 4.47 Å². The van der Waals surface area contributed by atoms with E-state index in [0.29, 0.717) is 10.2 Å². The van der Waals surface area contributed by atoms with E-state index in [0.717, 1.165) is 5.56 Å². The average Bonchev–Trinajstić information content (AvgIpc) is 2.58. The van der Waals surface area contributed by atoms with E-state index in [1.54, 1.807) is 11.4 Å². The minimum Gasteiger partial charge on any atom is -0.483 e. The number of halogens is 4. The molecule has 2 aromatic carbocycles. The first-order valence-electron chi connectivity index (χ1n) is 7.78. The van der Waals surface area contributed by atoms with Gasteiger partial charge in [-0.1, -0.05) is 12.1 Å². The van der Waals surface area contributed by atoms with Crippen molar-refractivity contribution in [3.8, 4) is 5.75 Å². The predicted octanol–water partition coefficient (Wildman–Crippen LogP) is 4.07. The molecule has 0 heterocycles. The zero-order valence-corrected chi connectivity index (χ0v) is 15.8. The van der Waals surface area contributed by atoms with Crippen LogP contribution in [0, 0.1) is 6.92 Å². The summed E-state index contributed by atoms with van der Waals surface area (Å²) in [6, 6.07) is 11.0. The minimum atomic E-state index is -4.50. The van der Waals surface area contributed by atoms with E-state index in [9.17, 15) is 22.8 Å². The van der Waals surface area contributed by atoms with Crippen molar-refractivity contribution in [2.24, 2.45) is 0 Å². The van der Waals surface area contributed by atoms with Crippen molar-refractivity contribution in [2.45, 2.75) is 13.1 Å². The lowest BCUT2D eigenvalue weighted by molar-refractivity contribution is -0.123. The first-order chi connectivity index (χ1) is 12.6. The number of carbonyl (C=O) groups excluding carboxylic acids is 2. The average molecular weight is 445 g/mol. The summed E-state index contributed by atoms with van der Waals surface area (Å²) in [6.45, 7) is 0.215. The third kappa shape index (κ3) is 6.93. The molecule has 2 N–H and O–H groups in total. The highest BCUT2D eigenvalue weighted by Crippen LogP contribution is 2.25. The second-order valence-electron chi connectivity index (χ2n) is 5.65. The molecular weight excluding hydrogens is 429 g/mol. The quantitative estimate of drug-likeness (QED) is 0.705. The van der Waals surface area contributed by atoms with Crippen molar-refractivity contribution in [3.05, 3.63) is 58.1 Å². The van der Waals surface area contributed by atoms with Crippen molar-refractivity contribution in [1.29, 1.82) is 0 Å². The Bertz CT molecular complexity index is 841. The number of anilines is 1. The standard InChI is InChI=1S/C18H16BrF3N2O3/c1-11-5-6-15(14(19)7-11)27-9-16(25)24-13-4-2-3-12(8-13)17(26)23-10-18(20,21)22/h2-8H,9-10H2,1H3,(H,23,26)(H,24,25). The maximum absolute atomic E-state index is 12.2. The predicted molar refractivity (Wildman–Crippen MR) is 97.8 cm³/mol. The van der Waals surface area contributed by atoms with Gasteiger partial charge in [0, 0.05) is 11.3 Å². The number of hydrogen-bond donors (Lipinski definition) is 2. The highest BCUT2D eigenvalue weighted by atomic mass is 79.9. The molecule has 0 bridgehead atoms. The summed E-state index contributed by atoms with van der Waals surface area (Å²) in [7, 11) is 0. The van der Waals surface area contributed by atoms with Gasteiger partial charge in [-0.25, -0.2) is 0 Å². The zero-order valence-electron chi connectivity index (χ0n) is 14.2. The van der Waals surface area contributed by atoms with Gasteiger partial charge in [0.2, 0.25) is 0 Å². The summed E-state index contributed by atoms with van der Waals surface area (Å²) < 4.78 is 42.6. The Kier molecular flexibility index (Phi) is 6.84. The fraction of sp³-hybridized carbons (Fsp3) is 0.222. The summed E-state index contributed by atoms with van der Waals surface area (Å²) in [5.41, 5.74) is 1.30. The van der Waals surface area contributed by atoms with E-state index < -0.39 is 24.5 Å². The topological polar surface area (TPSA) is 67.4 Å². The third-order valence-electron chi connectivity index (χ3n) is 3.30. The van der Waals surface area contributed by atoms with Gasteiger partial charge < -0.3 is 15.4 Å². The van der Waals surface area contributed by atoms with Crippen LogP contribution in [0.2, 0.25) is 0 Å². The Labute approximate surface area is 162 Å². The Morgan fingerprint density at radius 3 is 2.56 bits per heavy atom. The Morgan fingerprint density at radius 1 is 1.15 bits per heavy atom. The zero-order chi connectivity index (χ0) is 20.0. The lowest BCUT2D eigenvalue weighted by atomic mass is 10.2. The number of carbonyl (C=O) groups is 2. The summed E-state index contributed by atoms with van der Waals surface area (Å²) in [4.78, 5) is 23.8. The summed E-state index contributed by atoms with van der Waals surface area (Å²) in [5, 5.41) is 4.30. The molecule has 2 amide bonds. The molecular formula is C18H16BrF3N2O3. The SMILES string of the molecule is Cc1ccc(OCC(=O)Nc2cccc(C(=O)NCC(F)(F)F)c2)c(Br)c1. The molecule has 144 valence electrons. The van der Waals surface area contributed by atoms with Gasteiger partial charge >= 0.3 is 6.18 Å². The van der Waals surface area contributed by atoms with Crippen molar-refractivity contribution in [2.75, 3.05) is 18.5 Å². The smallest absolute Gasteiger partial charge is 0.405 e. The van der Waals surface area contributed by atoms with Crippen LogP contribution in [0.3, 0.4) is 0 Å². The third-order valence-corrected chi connectivity index (χ3v) is 3.92. The number of benzene rings is 2.